The van der Waals surface area contributed by atoms with Gasteiger partial charge in [0.25, 0.3) is 0 Å². The molecule has 0 spiro atoms. The third kappa shape index (κ3) is 3.46. The first-order valence-corrected chi connectivity index (χ1v) is 9.13. The van der Waals surface area contributed by atoms with Gasteiger partial charge in [0.15, 0.2) is 0 Å². The van der Waals surface area contributed by atoms with Crippen LogP contribution in [0, 0.1) is 5.92 Å². The maximum Gasteiger partial charge on any atom is 0.227 e. The third-order valence-electron chi connectivity index (χ3n) is 5.19. The second-order valence-electron chi connectivity index (χ2n) is 6.97. The zero-order valence-corrected chi connectivity index (χ0v) is 15.0. The summed E-state index contributed by atoms with van der Waals surface area (Å²) in [5.74, 6) is 0.652. The second-order valence-corrected chi connectivity index (χ2v) is 6.97. The molecule has 4 nitrogen and oxygen atoms in total. The van der Waals surface area contributed by atoms with Gasteiger partial charge in [-0.1, -0.05) is 24.3 Å². The number of anilines is 1. The van der Waals surface area contributed by atoms with E-state index in [4.69, 9.17) is 0 Å². The first-order chi connectivity index (χ1) is 12.7. The highest BCUT2D eigenvalue weighted by Gasteiger charge is 2.20. The minimum Gasteiger partial charge on any atom is -0.316 e. The van der Waals surface area contributed by atoms with E-state index in [9.17, 15) is 4.79 Å². The molecule has 1 atom stereocenters. The molecule has 132 valence electrons. The van der Waals surface area contributed by atoms with Gasteiger partial charge in [-0.15, -0.1) is 0 Å². The average molecular weight is 345 g/mol. The summed E-state index contributed by atoms with van der Waals surface area (Å²) < 4.78 is 0. The highest BCUT2D eigenvalue weighted by Crippen LogP contribution is 2.26. The SMILES string of the molecule is CN(C(=O)C[C@@H]1CCNC1)c1ccc(-c2ccc3ncccc3c2)cc1. The lowest BCUT2D eigenvalue weighted by molar-refractivity contribution is -0.119. The van der Waals surface area contributed by atoms with E-state index >= 15 is 0 Å². The van der Waals surface area contributed by atoms with Crippen molar-refractivity contribution in [3.63, 3.8) is 0 Å². The molecule has 1 saturated heterocycles. The van der Waals surface area contributed by atoms with Crippen LogP contribution in [0.3, 0.4) is 0 Å². The van der Waals surface area contributed by atoms with Crippen molar-refractivity contribution in [2.45, 2.75) is 12.8 Å². The Balaban J connectivity index is 1.50. The van der Waals surface area contributed by atoms with Gasteiger partial charge in [0.2, 0.25) is 5.91 Å². The lowest BCUT2D eigenvalue weighted by Gasteiger charge is -2.19. The van der Waals surface area contributed by atoms with Gasteiger partial charge in [0.1, 0.15) is 0 Å². The van der Waals surface area contributed by atoms with Gasteiger partial charge in [-0.25, -0.2) is 0 Å². The van der Waals surface area contributed by atoms with Crippen LogP contribution in [0.4, 0.5) is 5.69 Å². The van der Waals surface area contributed by atoms with E-state index in [0.29, 0.717) is 12.3 Å². The van der Waals surface area contributed by atoms with Crippen LogP contribution in [0.2, 0.25) is 0 Å². The van der Waals surface area contributed by atoms with Gasteiger partial charge in [-0.3, -0.25) is 9.78 Å². The van der Waals surface area contributed by atoms with Gasteiger partial charge >= 0.3 is 0 Å². The number of fused-ring (bicyclic) bond motifs is 1. The highest BCUT2D eigenvalue weighted by molar-refractivity contribution is 5.93. The van der Waals surface area contributed by atoms with E-state index in [2.05, 4.69) is 40.6 Å². The molecular weight excluding hydrogens is 322 g/mol. The molecule has 3 aromatic rings. The Kier molecular flexibility index (Phi) is 4.67. The van der Waals surface area contributed by atoms with Crippen LogP contribution in [-0.4, -0.2) is 31.0 Å². The highest BCUT2D eigenvalue weighted by atomic mass is 16.2. The Morgan fingerprint density at radius 1 is 1.15 bits per heavy atom. The monoisotopic (exact) mass is 345 g/mol. The van der Waals surface area contributed by atoms with Crippen molar-refractivity contribution in [1.82, 2.24) is 10.3 Å². The first kappa shape index (κ1) is 16.7. The van der Waals surface area contributed by atoms with Gasteiger partial charge in [0.05, 0.1) is 5.52 Å². The second kappa shape index (κ2) is 7.26. The fourth-order valence-electron chi connectivity index (χ4n) is 3.55. The van der Waals surface area contributed by atoms with Crippen LogP contribution in [0.15, 0.2) is 60.8 Å². The zero-order valence-electron chi connectivity index (χ0n) is 15.0. The van der Waals surface area contributed by atoms with E-state index in [-0.39, 0.29) is 5.91 Å². The first-order valence-electron chi connectivity index (χ1n) is 9.13. The van der Waals surface area contributed by atoms with Crippen molar-refractivity contribution in [3.8, 4) is 11.1 Å². The lowest BCUT2D eigenvalue weighted by atomic mass is 10.0. The summed E-state index contributed by atoms with van der Waals surface area (Å²) in [4.78, 5) is 18.6. The van der Waals surface area contributed by atoms with E-state index < -0.39 is 0 Å². The fourth-order valence-corrected chi connectivity index (χ4v) is 3.55. The Morgan fingerprint density at radius 3 is 2.73 bits per heavy atom. The van der Waals surface area contributed by atoms with Gasteiger partial charge < -0.3 is 10.2 Å². The molecule has 0 bridgehead atoms. The summed E-state index contributed by atoms with van der Waals surface area (Å²) >= 11 is 0. The molecule has 2 aromatic carbocycles. The summed E-state index contributed by atoms with van der Waals surface area (Å²) in [6, 6.07) is 18.5. The molecule has 1 amide bonds. The van der Waals surface area contributed by atoms with Crippen molar-refractivity contribution >= 4 is 22.5 Å². The number of nitrogens with one attached hydrogen (secondary N) is 1. The third-order valence-corrected chi connectivity index (χ3v) is 5.19. The van der Waals surface area contributed by atoms with Crippen molar-refractivity contribution in [1.29, 1.82) is 0 Å². The zero-order chi connectivity index (χ0) is 17.9. The predicted octanol–water partition coefficient (Wildman–Crippen LogP) is 3.86. The molecule has 4 heteroatoms. The van der Waals surface area contributed by atoms with E-state index in [1.807, 2.05) is 37.5 Å². The summed E-state index contributed by atoms with van der Waals surface area (Å²) in [5.41, 5.74) is 4.23. The van der Waals surface area contributed by atoms with Crippen LogP contribution in [-0.2, 0) is 4.79 Å². The minimum absolute atomic E-state index is 0.184. The van der Waals surface area contributed by atoms with Gasteiger partial charge in [-0.05, 0) is 66.9 Å². The standard InChI is InChI=1S/C22H23N3O/c1-25(22(26)13-16-10-12-23-15-16)20-7-4-17(5-8-20)18-6-9-21-19(14-18)3-2-11-24-21/h2-9,11,14,16,23H,10,12-13,15H2,1H3/t16-/m0/s1. The molecule has 1 fully saturated rings. The van der Waals surface area contributed by atoms with Crippen molar-refractivity contribution in [2.75, 3.05) is 25.0 Å². The quantitative estimate of drug-likeness (QED) is 0.781. The number of hydrogen-bond acceptors (Lipinski definition) is 3. The van der Waals surface area contributed by atoms with Gasteiger partial charge in [-0.2, -0.15) is 0 Å². The number of carbonyl (C=O) groups is 1. The molecule has 1 aromatic heterocycles. The molecule has 2 heterocycles. The van der Waals surface area contributed by atoms with E-state index in [1.165, 1.54) is 0 Å². The lowest BCUT2D eigenvalue weighted by Crippen LogP contribution is -2.28. The van der Waals surface area contributed by atoms with Gasteiger partial charge in [0, 0.05) is 30.7 Å². The number of carbonyl (C=O) groups excluding carboxylic acids is 1. The Bertz CT molecular complexity index is 914. The van der Waals surface area contributed by atoms with Crippen LogP contribution in [0.1, 0.15) is 12.8 Å². The van der Waals surface area contributed by atoms with Crippen LogP contribution in [0.5, 0.6) is 0 Å². The molecule has 0 saturated carbocycles. The van der Waals surface area contributed by atoms with Crippen LogP contribution < -0.4 is 10.2 Å². The Morgan fingerprint density at radius 2 is 1.96 bits per heavy atom. The number of pyridine rings is 1. The number of hydrogen-bond donors (Lipinski definition) is 1. The summed E-state index contributed by atoms with van der Waals surface area (Å²) in [6.07, 6.45) is 3.52. The predicted molar refractivity (Wildman–Crippen MR) is 106 cm³/mol. The summed E-state index contributed by atoms with van der Waals surface area (Å²) in [5, 5.41) is 4.45. The molecule has 0 radical (unpaired) electrons. The van der Waals surface area contributed by atoms with E-state index in [0.717, 1.165) is 47.2 Å². The van der Waals surface area contributed by atoms with Crippen LogP contribution in [0.25, 0.3) is 22.0 Å². The van der Waals surface area contributed by atoms with Crippen molar-refractivity contribution in [2.24, 2.45) is 5.92 Å². The fraction of sp³-hybridized carbons (Fsp3) is 0.273. The molecule has 0 aliphatic carbocycles. The normalized spacial score (nSPS) is 16.7. The maximum absolute atomic E-state index is 12.5. The Hall–Kier alpha value is -2.72. The number of rotatable bonds is 4. The molecule has 1 N–H and O–H groups in total. The van der Waals surface area contributed by atoms with Crippen molar-refractivity contribution in [3.05, 3.63) is 60.8 Å². The summed E-state index contributed by atoms with van der Waals surface area (Å²) in [7, 11) is 1.86. The smallest absolute Gasteiger partial charge is 0.227 e. The van der Waals surface area contributed by atoms with E-state index in [1.54, 1.807) is 4.90 Å². The minimum atomic E-state index is 0.184. The average Bonchev–Trinajstić information content (AvgIpc) is 3.20. The number of aromatic nitrogens is 1. The molecule has 4 rings (SSSR count). The molecule has 1 aliphatic rings. The number of benzene rings is 2. The maximum atomic E-state index is 12.5. The molecule has 26 heavy (non-hydrogen) atoms. The largest absolute Gasteiger partial charge is 0.316 e. The Labute approximate surface area is 153 Å². The summed E-state index contributed by atoms with van der Waals surface area (Å²) in [6.45, 7) is 1.98. The topological polar surface area (TPSA) is 45.2 Å². The number of amides is 1. The molecule has 1 aliphatic heterocycles. The number of nitrogens with zero attached hydrogens (tertiary/aromatic N) is 2. The van der Waals surface area contributed by atoms with Crippen molar-refractivity contribution < 1.29 is 4.79 Å². The van der Waals surface area contributed by atoms with Crippen LogP contribution >= 0.6 is 0 Å². The molecule has 0 unspecified atom stereocenters. The molecular formula is C22H23N3O.